The van der Waals surface area contributed by atoms with Crippen LogP contribution in [0.3, 0.4) is 0 Å². The van der Waals surface area contributed by atoms with Crippen LogP contribution in [0.25, 0.3) is 0 Å². The second kappa shape index (κ2) is 6.19. The Morgan fingerprint density at radius 3 is 2.50 bits per heavy atom. The van der Waals surface area contributed by atoms with Crippen LogP contribution >= 0.6 is 0 Å². The van der Waals surface area contributed by atoms with Gasteiger partial charge in [0.05, 0.1) is 17.7 Å². The fourth-order valence-electron chi connectivity index (χ4n) is 1.55. The minimum absolute atomic E-state index is 0.172. The minimum Gasteiger partial charge on any atom is -0.468 e. The number of esters is 1. The monoisotopic (exact) mass is 304 g/mol. The standard InChI is InChI=1S/C12H17FN2O4S/c1-8(2)15(7-12(16)19-3)20(17,18)9-4-5-10(13)11(14)6-9/h4-6,8H,7,14H2,1-3H3. The van der Waals surface area contributed by atoms with Crippen LogP contribution in [0.4, 0.5) is 10.1 Å². The van der Waals surface area contributed by atoms with Crippen molar-refractivity contribution in [3.63, 3.8) is 0 Å². The van der Waals surface area contributed by atoms with Gasteiger partial charge >= 0.3 is 5.97 Å². The second-order valence-electron chi connectivity index (χ2n) is 4.40. The van der Waals surface area contributed by atoms with Gasteiger partial charge in [-0.1, -0.05) is 0 Å². The van der Waals surface area contributed by atoms with Crippen LogP contribution in [0.2, 0.25) is 0 Å². The summed E-state index contributed by atoms with van der Waals surface area (Å²) >= 11 is 0. The lowest BCUT2D eigenvalue weighted by molar-refractivity contribution is -0.141. The van der Waals surface area contributed by atoms with E-state index in [1.807, 2.05) is 0 Å². The number of methoxy groups -OCH3 is 1. The number of nitrogens with zero attached hydrogens (tertiary/aromatic N) is 1. The smallest absolute Gasteiger partial charge is 0.321 e. The Hall–Kier alpha value is -1.67. The van der Waals surface area contributed by atoms with Crippen molar-refractivity contribution in [2.24, 2.45) is 0 Å². The minimum atomic E-state index is -3.96. The Bertz CT molecular complexity index is 601. The third-order valence-electron chi connectivity index (χ3n) is 2.66. The number of sulfonamides is 1. The normalized spacial score (nSPS) is 11.9. The maximum absolute atomic E-state index is 13.1. The molecule has 0 radical (unpaired) electrons. The summed E-state index contributed by atoms with van der Waals surface area (Å²) in [6.45, 7) is 2.81. The van der Waals surface area contributed by atoms with Crippen molar-refractivity contribution in [1.82, 2.24) is 4.31 Å². The topological polar surface area (TPSA) is 89.7 Å². The number of carbonyl (C=O) groups is 1. The molecule has 1 aromatic carbocycles. The van der Waals surface area contributed by atoms with Crippen LogP contribution in [0.15, 0.2) is 23.1 Å². The molecule has 20 heavy (non-hydrogen) atoms. The van der Waals surface area contributed by atoms with Gasteiger partial charge in [0, 0.05) is 6.04 Å². The van der Waals surface area contributed by atoms with Gasteiger partial charge < -0.3 is 10.5 Å². The van der Waals surface area contributed by atoms with Crippen molar-refractivity contribution >= 4 is 21.7 Å². The molecule has 1 rings (SSSR count). The van der Waals surface area contributed by atoms with Crippen LogP contribution in [-0.4, -0.2) is 38.4 Å². The van der Waals surface area contributed by atoms with Crippen molar-refractivity contribution in [1.29, 1.82) is 0 Å². The molecule has 0 aliphatic carbocycles. The molecule has 0 fully saturated rings. The maximum Gasteiger partial charge on any atom is 0.321 e. The largest absolute Gasteiger partial charge is 0.468 e. The molecule has 0 aromatic heterocycles. The van der Waals surface area contributed by atoms with Crippen LogP contribution in [-0.2, 0) is 19.6 Å². The Morgan fingerprint density at radius 1 is 1.45 bits per heavy atom. The zero-order chi connectivity index (χ0) is 15.5. The molecular weight excluding hydrogens is 287 g/mol. The van der Waals surface area contributed by atoms with E-state index in [1.54, 1.807) is 13.8 Å². The molecule has 0 amide bonds. The van der Waals surface area contributed by atoms with Gasteiger partial charge in [0.15, 0.2) is 0 Å². The zero-order valence-electron chi connectivity index (χ0n) is 11.5. The first-order valence-corrected chi connectivity index (χ1v) is 7.27. The number of hydrogen-bond acceptors (Lipinski definition) is 5. The summed E-state index contributed by atoms with van der Waals surface area (Å²) in [5.41, 5.74) is 5.10. The van der Waals surface area contributed by atoms with Gasteiger partial charge in [0.25, 0.3) is 0 Å². The van der Waals surface area contributed by atoms with Gasteiger partial charge in [-0.3, -0.25) is 4.79 Å². The number of nitrogens with two attached hydrogens (primary N) is 1. The molecule has 0 heterocycles. The Labute approximate surface area is 117 Å². The number of nitrogen functional groups attached to an aromatic ring is 1. The predicted octanol–water partition coefficient (Wildman–Crippen LogP) is 0.980. The lowest BCUT2D eigenvalue weighted by atomic mass is 10.3. The number of ether oxygens (including phenoxy) is 1. The van der Waals surface area contributed by atoms with Crippen LogP contribution in [0, 0.1) is 5.82 Å². The average Bonchev–Trinajstić information content (AvgIpc) is 2.37. The van der Waals surface area contributed by atoms with Crippen molar-refractivity contribution in [2.75, 3.05) is 19.4 Å². The summed E-state index contributed by atoms with van der Waals surface area (Å²) < 4.78 is 43.4. The SMILES string of the molecule is COC(=O)CN(C(C)C)S(=O)(=O)c1ccc(F)c(N)c1. The molecule has 2 N–H and O–H groups in total. The zero-order valence-corrected chi connectivity index (χ0v) is 12.3. The van der Waals surface area contributed by atoms with Crippen LogP contribution in [0.1, 0.15) is 13.8 Å². The molecular formula is C12H17FN2O4S. The van der Waals surface area contributed by atoms with Gasteiger partial charge in [0.1, 0.15) is 12.4 Å². The van der Waals surface area contributed by atoms with E-state index in [4.69, 9.17) is 5.73 Å². The molecule has 0 aliphatic rings. The third kappa shape index (κ3) is 3.45. The quantitative estimate of drug-likeness (QED) is 0.647. The van der Waals surface area contributed by atoms with E-state index < -0.39 is 34.4 Å². The molecule has 1 aromatic rings. The first-order valence-electron chi connectivity index (χ1n) is 5.83. The molecule has 112 valence electrons. The summed E-state index contributed by atoms with van der Waals surface area (Å²) in [6, 6.07) is 2.63. The van der Waals surface area contributed by atoms with Crippen molar-refractivity contribution in [3.05, 3.63) is 24.0 Å². The van der Waals surface area contributed by atoms with Crippen molar-refractivity contribution in [3.8, 4) is 0 Å². The van der Waals surface area contributed by atoms with Gasteiger partial charge in [-0.05, 0) is 32.0 Å². The first-order chi connectivity index (χ1) is 9.20. The summed E-state index contributed by atoms with van der Waals surface area (Å²) in [5.74, 6) is -1.38. The van der Waals surface area contributed by atoms with E-state index in [-0.39, 0.29) is 10.6 Å². The maximum atomic E-state index is 13.1. The molecule has 0 unspecified atom stereocenters. The summed E-state index contributed by atoms with van der Waals surface area (Å²) in [7, 11) is -2.79. The Kier molecular flexibility index (Phi) is 5.07. The summed E-state index contributed by atoms with van der Waals surface area (Å²) in [4.78, 5) is 11.1. The van der Waals surface area contributed by atoms with Gasteiger partial charge in [0.2, 0.25) is 10.0 Å². The van der Waals surface area contributed by atoms with E-state index in [1.165, 1.54) is 7.11 Å². The highest BCUT2D eigenvalue weighted by Gasteiger charge is 2.29. The average molecular weight is 304 g/mol. The Morgan fingerprint density at radius 2 is 2.05 bits per heavy atom. The molecule has 0 bridgehead atoms. The number of halogens is 1. The first kappa shape index (κ1) is 16.4. The van der Waals surface area contributed by atoms with Crippen molar-refractivity contribution in [2.45, 2.75) is 24.8 Å². The predicted molar refractivity (Wildman–Crippen MR) is 71.9 cm³/mol. The number of carbonyl (C=O) groups excluding carboxylic acids is 1. The van der Waals surface area contributed by atoms with Gasteiger partial charge in [-0.25, -0.2) is 12.8 Å². The molecule has 0 spiro atoms. The lowest BCUT2D eigenvalue weighted by Gasteiger charge is -2.24. The fourth-order valence-corrected chi connectivity index (χ4v) is 3.17. The van der Waals surface area contributed by atoms with Gasteiger partial charge in [-0.15, -0.1) is 0 Å². The molecule has 0 saturated heterocycles. The van der Waals surface area contributed by atoms with E-state index in [2.05, 4.69) is 4.74 Å². The molecule has 0 saturated carbocycles. The highest BCUT2D eigenvalue weighted by atomic mass is 32.2. The second-order valence-corrected chi connectivity index (χ2v) is 6.29. The van der Waals surface area contributed by atoms with E-state index in [9.17, 15) is 17.6 Å². The summed E-state index contributed by atoms with van der Waals surface area (Å²) in [6.07, 6.45) is 0. The van der Waals surface area contributed by atoms with E-state index >= 15 is 0 Å². The van der Waals surface area contributed by atoms with Crippen LogP contribution in [0.5, 0.6) is 0 Å². The fraction of sp³-hybridized carbons (Fsp3) is 0.417. The van der Waals surface area contributed by atoms with E-state index in [0.717, 1.165) is 22.5 Å². The molecule has 0 aliphatic heterocycles. The Balaban J connectivity index is 3.22. The highest BCUT2D eigenvalue weighted by molar-refractivity contribution is 7.89. The number of benzene rings is 1. The van der Waals surface area contributed by atoms with Crippen molar-refractivity contribution < 1.29 is 22.3 Å². The lowest BCUT2D eigenvalue weighted by Crippen LogP contribution is -2.41. The molecule has 6 nitrogen and oxygen atoms in total. The van der Waals surface area contributed by atoms with E-state index in [0.29, 0.717) is 0 Å². The molecule has 0 atom stereocenters. The van der Waals surface area contributed by atoms with Crippen LogP contribution < -0.4 is 5.73 Å². The third-order valence-corrected chi connectivity index (χ3v) is 4.68. The number of anilines is 1. The number of rotatable bonds is 5. The summed E-state index contributed by atoms with van der Waals surface area (Å²) in [5, 5.41) is 0. The number of hydrogen-bond donors (Lipinski definition) is 1. The molecule has 8 heteroatoms. The van der Waals surface area contributed by atoms with Gasteiger partial charge in [-0.2, -0.15) is 4.31 Å². The highest BCUT2D eigenvalue weighted by Crippen LogP contribution is 2.22.